The lowest BCUT2D eigenvalue weighted by atomic mass is 9.87. The van der Waals surface area contributed by atoms with Crippen LogP contribution < -0.4 is 5.73 Å². The highest BCUT2D eigenvalue weighted by atomic mass is 19.1. The van der Waals surface area contributed by atoms with Crippen molar-refractivity contribution in [1.82, 2.24) is 0 Å². The number of rotatable bonds is 5. The molecule has 0 spiro atoms. The standard InChI is InChI=1S/C13H19F2NO/c1-8(2)10(7-16)13(17)6-9-11(14)4-3-5-12(9)15/h3-5,8,10,13,17H,6-7,16H2,1-2H3. The van der Waals surface area contributed by atoms with Crippen molar-refractivity contribution in [2.45, 2.75) is 26.4 Å². The number of hydrogen-bond donors (Lipinski definition) is 2. The predicted molar refractivity (Wildman–Crippen MR) is 63.5 cm³/mol. The van der Waals surface area contributed by atoms with Crippen LogP contribution in [0.15, 0.2) is 18.2 Å². The Labute approximate surface area is 100 Å². The summed E-state index contributed by atoms with van der Waals surface area (Å²) in [6.45, 7) is 4.16. The number of aliphatic hydroxyl groups is 1. The Hall–Kier alpha value is -1.00. The number of hydrogen-bond acceptors (Lipinski definition) is 2. The van der Waals surface area contributed by atoms with E-state index in [4.69, 9.17) is 5.73 Å². The molecule has 17 heavy (non-hydrogen) atoms. The first-order chi connectivity index (χ1) is 7.97. The number of nitrogens with two attached hydrogens (primary N) is 1. The maximum Gasteiger partial charge on any atom is 0.129 e. The highest BCUT2D eigenvalue weighted by molar-refractivity contribution is 5.20. The van der Waals surface area contributed by atoms with E-state index < -0.39 is 17.7 Å². The van der Waals surface area contributed by atoms with Crippen molar-refractivity contribution in [1.29, 1.82) is 0 Å². The van der Waals surface area contributed by atoms with E-state index in [9.17, 15) is 13.9 Å². The molecule has 96 valence electrons. The molecule has 1 aromatic rings. The van der Waals surface area contributed by atoms with Gasteiger partial charge in [0.1, 0.15) is 11.6 Å². The highest BCUT2D eigenvalue weighted by Gasteiger charge is 2.23. The molecule has 0 aliphatic heterocycles. The van der Waals surface area contributed by atoms with Crippen LogP contribution in [0.5, 0.6) is 0 Å². The van der Waals surface area contributed by atoms with Gasteiger partial charge in [-0.05, 0) is 30.5 Å². The van der Waals surface area contributed by atoms with Gasteiger partial charge in [0.2, 0.25) is 0 Å². The predicted octanol–water partition coefficient (Wildman–Crippen LogP) is 2.10. The molecule has 0 aromatic heterocycles. The topological polar surface area (TPSA) is 46.2 Å². The molecule has 2 nitrogen and oxygen atoms in total. The van der Waals surface area contributed by atoms with Gasteiger partial charge in [-0.25, -0.2) is 8.78 Å². The minimum atomic E-state index is -0.827. The monoisotopic (exact) mass is 243 g/mol. The summed E-state index contributed by atoms with van der Waals surface area (Å²) in [7, 11) is 0. The van der Waals surface area contributed by atoms with Crippen LogP contribution in [0.25, 0.3) is 0 Å². The van der Waals surface area contributed by atoms with E-state index in [0.717, 1.165) is 0 Å². The Kier molecular flexibility index (Phi) is 5.02. The molecular formula is C13H19F2NO. The molecule has 0 heterocycles. The summed E-state index contributed by atoms with van der Waals surface area (Å²) in [4.78, 5) is 0. The van der Waals surface area contributed by atoms with Crippen molar-refractivity contribution >= 4 is 0 Å². The fraction of sp³-hybridized carbons (Fsp3) is 0.538. The second-order valence-corrected chi connectivity index (χ2v) is 4.62. The quantitative estimate of drug-likeness (QED) is 0.832. The summed E-state index contributed by atoms with van der Waals surface area (Å²) in [6.07, 6.45) is -0.871. The molecule has 1 aromatic carbocycles. The molecule has 0 radical (unpaired) electrons. The van der Waals surface area contributed by atoms with E-state index in [0.29, 0.717) is 6.54 Å². The van der Waals surface area contributed by atoms with Crippen molar-refractivity contribution in [2.75, 3.05) is 6.54 Å². The Morgan fingerprint density at radius 2 is 1.76 bits per heavy atom. The summed E-state index contributed by atoms with van der Waals surface area (Å²) in [5.74, 6) is -1.23. The van der Waals surface area contributed by atoms with Crippen LogP contribution in [-0.4, -0.2) is 17.8 Å². The van der Waals surface area contributed by atoms with E-state index >= 15 is 0 Å². The lowest BCUT2D eigenvalue weighted by Crippen LogP contribution is -2.33. The zero-order chi connectivity index (χ0) is 13.0. The van der Waals surface area contributed by atoms with Crippen LogP contribution >= 0.6 is 0 Å². The molecular weight excluding hydrogens is 224 g/mol. The Morgan fingerprint density at radius 1 is 1.24 bits per heavy atom. The summed E-state index contributed by atoms with van der Waals surface area (Å²) >= 11 is 0. The average Bonchev–Trinajstić information content (AvgIpc) is 2.24. The second-order valence-electron chi connectivity index (χ2n) is 4.62. The maximum atomic E-state index is 13.4. The van der Waals surface area contributed by atoms with Gasteiger partial charge >= 0.3 is 0 Å². The maximum absolute atomic E-state index is 13.4. The number of halogens is 2. The minimum Gasteiger partial charge on any atom is -0.392 e. The molecule has 0 aliphatic rings. The Morgan fingerprint density at radius 3 is 2.18 bits per heavy atom. The molecule has 4 heteroatoms. The Bertz CT molecular complexity index is 348. The third kappa shape index (κ3) is 3.48. The zero-order valence-corrected chi connectivity index (χ0v) is 10.2. The van der Waals surface area contributed by atoms with Crippen LogP contribution in [0.3, 0.4) is 0 Å². The molecule has 1 rings (SSSR count). The first-order valence-corrected chi connectivity index (χ1v) is 5.78. The highest BCUT2D eigenvalue weighted by Crippen LogP contribution is 2.21. The van der Waals surface area contributed by atoms with Gasteiger partial charge in [-0.15, -0.1) is 0 Å². The number of benzene rings is 1. The largest absolute Gasteiger partial charge is 0.392 e. The van der Waals surface area contributed by atoms with E-state index in [1.54, 1.807) is 0 Å². The second kappa shape index (κ2) is 6.07. The fourth-order valence-corrected chi connectivity index (χ4v) is 1.96. The number of aliphatic hydroxyl groups excluding tert-OH is 1. The first-order valence-electron chi connectivity index (χ1n) is 5.78. The molecule has 0 saturated heterocycles. The van der Waals surface area contributed by atoms with Crippen molar-refractivity contribution in [3.8, 4) is 0 Å². The Balaban J connectivity index is 2.83. The summed E-state index contributed by atoms with van der Waals surface area (Å²) in [5.41, 5.74) is 5.49. The van der Waals surface area contributed by atoms with E-state index in [1.807, 2.05) is 13.8 Å². The molecule has 0 fully saturated rings. The summed E-state index contributed by atoms with van der Waals surface area (Å²) < 4.78 is 26.8. The molecule has 2 unspecified atom stereocenters. The SMILES string of the molecule is CC(C)C(CN)C(O)Cc1c(F)cccc1F. The fourth-order valence-electron chi connectivity index (χ4n) is 1.96. The van der Waals surface area contributed by atoms with Gasteiger partial charge in [-0.1, -0.05) is 19.9 Å². The van der Waals surface area contributed by atoms with Gasteiger partial charge in [-0.2, -0.15) is 0 Å². The minimum absolute atomic E-state index is 0.0431. The first kappa shape index (κ1) is 14.1. The van der Waals surface area contributed by atoms with Crippen LogP contribution in [0, 0.1) is 23.5 Å². The zero-order valence-electron chi connectivity index (χ0n) is 10.2. The van der Waals surface area contributed by atoms with Crippen molar-refractivity contribution < 1.29 is 13.9 Å². The molecule has 0 amide bonds. The normalized spacial score (nSPS) is 15.0. The van der Waals surface area contributed by atoms with Gasteiger partial charge in [0.05, 0.1) is 6.10 Å². The van der Waals surface area contributed by atoms with Crippen molar-refractivity contribution in [3.05, 3.63) is 35.4 Å². The van der Waals surface area contributed by atoms with Gasteiger partial charge in [0.25, 0.3) is 0 Å². The molecule has 0 saturated carbocycles. The smallest absolute Gasteiger partial charge is 0.129 e. The third-order valence-corrected chi connectivity index (χ3v) is 3.10. The average molecular weight is 243 g/mol. The molecule has 3 N–H and O–H groups in total. The van der Waals surface area contributed by atoms with Crippen LogP contribution in [-0.2, 0) is 6.42 Å². The summed E-state index contributed by atoms with van der Waals surface area (Å²) in [6, 6.07) is 3.69. The van der Waals surface area contributed by atoms with E-state index in [1.165, 1.54) is 18.2 Å². The lowest BCUT2D eigenvalue weighted by molar-refractivity contribution is 0.0847. The van der Waals surface area contributed by atoms with Crippen molar-refractivity contribution in [3.63, 3.8) is 0 Å². The van der Waals surface area contributed by atoms with Gasteiger partial charge in [-0.3, -0.25) is 0 Å². The summed E-state index contributed by atoms with van der Waals surface area (Å²) in [5, 5.41) is 9.97. The van der Waals surface area contributed by atoms with E-state index in [2.05, 4.69) is 0 Å². The van der Waals surface area contributed by atoms with Crippen LogP contribution in [0.2, 0.25) is 0 Å². The van der Waals surface area contributed by atoms with Crippen LogP contribution in [0.4, 0.5) is 8.78 Å². The van der Waals surface area contributed by atoms with Gasteiger partial charge in [0, 0.05) is 12.0 Å². The van der Waals surface area contributed by atoms with E-state index in [-0.39, 0.29) is 23.8 Å². The van der Waals surface area contributed by atoms with Crippen LogP contribution in [0.1, 0.15) is 19.4 Å². The lowest BCUT2D eigenvalue weighted by Gasteiger charge is -2.25. The van der Waals surface area contributed by atoms with Crippen molar-refractivity contribution in [2.24, 2.45) is 17.6 Å². The molecule has 0 bridgehead atoms. The molecule has 2 atom stereocenters. The van der Waals surface area contributed by atoms with Gasteiger partial charge < -0.3 is 10.8 Å². The third-order valence-electron chi connectivity index (χ3n) is 3.10. The molecule has 0 aliphatic carbocycles. The van der Waals surface area contributed by atoms with Gasteiger partial charge in [0.15, 0.2) is 0 Å².